The van der Waals surface area contributed by atoms with E-state index in [1.165, 1.54) is 6.33 Å². The molecule has 0 fully saturated rings. The predicted molar refractivity (Wildman–Crippen MR) is 78.0 cm³/mol. The summed E-state index contributed by atoms with van der Waals surface area (Å²) < 4.78 is 1.80. The molecule has 110 valence electrons. The van der Waals surface area contributed by atoms with Crippen molar-refractivity contribution in [1.29, 1.82) is 0 Å². The van der Waals surface area contributed by atoms with E-state index >= 15 is 0 Å². The average Bonchev–Trinajstić information content (AvgIpc) is 3.05. The highest BCUT2D eigenvalue weighted by atomic mass is 15.4. The molecule has 3 aromatic rings. The fourth-order valence-corrected chi connectivity index (χ4v) is 2.06. The topological polar surface area (TPSA) is 87.9 Å². The largest absolute Gasteiger partial charge is 0.351 e. The number of hydrogen-bond donors (Lipinski definition) is 1. The molecule has 21 heavy (non-hydrogen) atoms. The van der Waals surface area contributed by atoms with E-state index < -0.39 is 0 Å². The first kappa shape index (κ1) is 13.5. The number of rotatable bonds is 3. The summed E-state index contributed by atoms with van der Waals surface area (Å²) >= 11 is 0. The van der Waals surface area contributed by atoms with Crippen molar-refractivity contribution in [1.82, 2.24) is 35.0 Å². The fourth-order valence-electron chi connectivity index (χ4n) is 2.06. The minimum absolute atomic E-state index is 0.117. The molecule has 8 nitrogen and oxygen atoms in total. The molecule has 1 N–H and O–H groups in total. The number of aromatic nitrogens is 7. The van der Waals surface area contributed by atoms with Crippen molar-refractivity contribution in [2.24, 2.45) is 0 Å². The second-order valence-corrected chi connectivity index (χ2v) is 6.02. The van der Waals surface area contributed by atoms with Gasteiger partial charge in [0.05, 0.1) is 6.54 Å². The molecule has 0 aliphatic carbocycles. The van der Waals surface area contributed by atoms with Crippen molar-refractivity contribution >= 4 is 11.5 Å². The Hall–Kier alpha value is -2.51. The van der Waals surface area contributed by atoms with E-state index in [1.807, 2.05) is 24.1 Å². The molecular formula is C13H18N8. The van der Waals surface area contributed by atoms with Crippen LogP contribution in [0.1, 0.15) is 32.4 Å². The van der Waals surface area contributed by atoms with Gasteiger partial charge in [-0.3, -0.25) is 5.10 Å². The first-order valence-corrected chi connectivity index (χ1v) is 6.73. The molecule has 3 rings (SSSR count). The van der Waals surface area contributed by atoms with E-state index in [9.17, 15) is 0 Å². The zero-order valence-corrected chi connectivity index (χ0v) is 12.6. The van der Waals surface area contributed by atoms with Gasteiger partial charge in [-0.1, -0.05) is 20.8 Å². The summed E-state index contributed by atoms with van der Waals surface area (Å²) in [6, 6.07) is 3.84. The second kappa shape index (κ2) is 4.80. The quantitative estimate of drug-likeness (QED) is 0.777. The third-order valence-electron chi connectivity index (χ3n) is 3.16. The van der Waals surface area contributed by atoms with Gasteiger partial charge in [0.1, 0.15) is 18.0 Å². The Kier molecular flexibility index (Phi) is 3.08. The summed E-state index contributed by atoms with van der Waals surface area (Å²) in [5.41, 5.74) is 0.630. The number of nitrogens with zero attached hydrogens (tertiary/aromatic N) is 7. The van der Waals surface area contributed by atoms with Crippen molar-refractivity contribution in [3.63, 3.8) is 0 Å². The molecule has 0 aromatic carbocycles. The molecule has 0 radical (unpaired) electrons. The number of hydrogen-bond acceptors (Lipinski definition) is 6. The molecule has 3 heterocycles. The van der Waals surface area contributed by atoms with E-state index in [4.69, 9.17) is 0 Å². The van der Waals surface area contributed by atoms with Crippen molar-refractivity contribution in [2.45, 2.75) is 32.7 Å². The first-order valence-electron chi connectivity index (χ1n) is 6.73. The lowest BCUT2D eigenvalue weighted by atomic mass is 9.96. The molecular weight excluding hydrogens is 268 g/mol. The normalized spacial score (nSPS) is 12.0. The molecule has 0 saturated heterocycles. The molecule has 0 bridgehead atoms. The van der Waals surface area contributed by atoms with Gasteiger partial charge in [-0.05, 0) is 12.1 Å². The number of fused-ring (bicyclic) bond motifs is 1. The van der Waals surface area contributed by atoms with Gasteiger partial charge in [-0.2, -0.15) is 9.61 Å². The third kappa shape index (κ3) is 2.56. The van der Waals surface area contributed by atoms with Crippen LogP contribution in [-0.2, 0) is 12.0 Å². The molecule has 0 amide bonds. The van der Waals surface area contributed by atoms with Gasteiger partial charge in [-0.25, -0.2) is 4.98 Å². The van der Waals surface area contributed by atoms with E-state index in [1.54, 1.807) is 4.52 Å². The highest BCUT2D eigenvalue weighted by molar-refractivity contribution is 5.45. The van der Waals surface area contributed by atoms with Crippen molar-refractivity contribution in [3.05, 3.63) is 30.1 Å². The maximum Gasteiger partial charge on any atom is 0.178 e. The molecule has 0 unspecified atom stereocenters. The molecule has 0 atom stereocenters. The van der Waals surface area contributed by atoms with Gasteiger partial charge in [-0.15, -0.1) is 15.3 Å². The minimum Gasteiger partial charge on any atom is -0.351 e. The Morgan fingerprint density at radius 2 is 2.05 bits per heavy atom. The lowest BCUT2D eigenvalue weighted by molar-refractivity contribution is 0.526. The van der Waals surface area contributed by atoms with Gasteiger partial charge in [0, 0.05) is 12.5 Å². The van der Waals surface area contributed by atoms with Crippen LogP contribution in [0.5, 0.6) is 0 Å². The van der Waals surface area contributed by atoms with Crippen LogP contribution in [0.25, 0.3) is 5.65 Å². The molecule has 3 aromatic heterocycles. The molecule has 0 aliphatic heterocycles. The Morgan fingerprint density at radius 3 is 2.71 bits per heavy atom. The maximum absolute atomic E-state index is 4.64. The average molecular weight is 286 g/mol. The van der Waals surface area contributed by atoms with E-state index in [-0.39, 0.29) is 5.41 Å². The van der Waals surface area contributed by atoms with Crippen LogP contribution in [-0.4, -0.2) is 42.0 Å². The fraction of sp³-hybridized carbons (Fsp3) is 0.462. The first-order chi connectivity index (χ1) is 9.95. The van der Waals surface area contributed by atoms with E-state index in [2.05, 4.69) is 51.2 Å². The summed E-state index contributed by atoms with van der Waals surface area (Å²) in [6.45, 7) is 6.88. The SMILES string of the molecule is CN(Cc1ncn[nH]1)c1ccc2nnc(C(C)(C)C)n2n1. The number of H-pyrrole nitrogens is 1. The van der Waals surface area contributed by atoms with Crippen LogP contribution in [0.3, 0.4) is 0 Å². The summed E-state index contributed by atoms with van der Waals surface area (Å²) in [5, 5.41) is 19.7. The highest BCUT2D eigenvalue weighted by Gasteiger charge is 2.22. The summed E-state index contributed by atoms with van der Waals surface area (Å²) in [4.78, 5) is 6.12. The van der Waals surface area contributed by atoms with Crippen LogP contribution in [0.2, 0.25) is 0 Å². The van der Waals surface area contributed by atoms with Crippen LogP contribution in [0.4, 0.5) is 5.82 Å². The lowest BCUT2D eigenvalue weighted by Crippen LogP contribution is -2.21. The maximum atomic E-state index is 4.64. The molecule has 0 saturated carbocycles. The van der Waals surface area contributed by atoms with Crippen molar-refractivity contribution in [2.75, 3.05) is 11.9 Å². The van der Waals surface area contributed by atoms with Gasteiger partial charge in [0.2, 0.25) is 0 Å². The van der Waals surface area contributed by atoms with E-state index in [0.717, 1.165) is 23.1 Å². The van der Waals surface area contributed by atoms with Crippen LogP contribution in [0, 0.1) is 0 Å². The van der Waals surface area contributed by atoms with Crippen LogP contribution in [0.15, 0.2) is 18.5 Å². The summed E-state index contributed by atoms with van der Waals surface area (Å²) in [6.07, 6.45) is 1.50. The van der Waals surface area contributed by atoms with E-state index in [0.29, 0.717) is 6.54 Å². The minimum atomic E-state index is -0.117. The van der Waals surface area contributed by atoms with Gasteiger partial charge in [0.25, 0.3) is 0 Å². The van der Waals surface area contributed by atoms with Crippen LogP contribution >= 0.6 is 0 Å². The van der Waals surface area contributed by atoms with Gasteiger partial charge in [0.15, 0.2) is 11.5 Å². The monoisotopic (exact) mass is 286 g/mol. The molecule has 0 spiro atoms. The summed E-state index contributed by atoms with van der Waals surface area (Å²) in [7, 11) is 1.96. The number of nitrogens with one attached hydrogen (secondary N) is 1. The van der Waals surface area contributed by atoms with Crippen LogP contribution < -0.4 is 4.90 Å². The number of aromatic amines is 1. The van der Waals surface area contributed by atoms with Gasteiger partial charge < -0.3 is 4.90 Å². The van der Waals surface area contributed by atoms with Gasteiger partial charge >= 0.3 is 0 Å². The zero-order chi connectivity index (χ0) is 15.0. The summed E-state index contributed by atoms with van der Waals surface area (Å²) in [5.74, 6) is 2.45. The zero-order valence-electron chi connectivity index (χ0n) is 12.6. The molecule has 0 aliphatic rings. The predicted octanol–water partition coefficient (Wildman–Crippen LogP) is 1.18. The Balaban J connectivity index is 1.96. The smallest absolute Gasteiger partial charge is 0.178 e. The lowest BCUT2D eigenvalue weighted by Gasteiger charge is -2.18. The number of anilines is 1. The standard InChI is InChI=1S/C13H18N8/c1-13(2,3)12-18-17-10-5-6-11(19-21(10)12)20(4)7-9-14-8-15-16-9/h5-6,8H,7H2,1-4H3,(H,14,15,16). The highest BCUT2D eigenvalue weighted by Crippen LogP contribution is 2.21. The Morgan fingerprint density at radius 1 is 1.24 bits per heavy atom. The Labute approximate surface area is 122 Å². The molecule has 8 heteroatoms. The third-order valence-corrected chi connectivity index (χ3v) is 3.16. The van der Waals surface area contributed by atoms with Crippen molar-refractivity contribution < 1.29 is 0 Å². The second-order valence-electron chi connectivity index (χ2n) is 6.02. The van der Waals surface area contributed by atoms with Crippen molar-refractivity contribution in [3.8, 4) is 0 Å². The Bertz CT molecular complexity index is 737.